The molecule has 1 aromatic rings. The molecule has 5 heteroatoms. The molecule has 0 spiro atoms. The van der Waals surface area contributed by atoms with Crippen LogP contribution in [0.3, 0.4) is 0 Å². The highest BCUT2D eigenvalue weighted by Crippen LogP contribution is 2.34. The number of anilines is 1. The van der Waals surface area contributed by atoms with Crippen LogP contribution in [-0.4, -0.2) is 42.4 Å². The third-order valence-electron chi connectivity index (χ3n) is 4.31. The second-order valence-corrected chi connectivity index (χ2v) is 5.89. The first kappa shape index (κ1) is 14.3. The van der Waals surface area contributed by atoms with Gasteiger partial charge in [-0.1, -0.05) is 0 Å². The molecular formula is C16H22N2O3. The Morgan fingerprint density at radius 3 is 2.86 bits per heavy atom. The van der Waals surface area contributed by atoms with Crippen LogP contribution in [0.25, 0.3) is 0 Å². The number of fused-ring (bicyclic) bond motifs is 1. The van der Waals surface area contributed by atoms with Crippen LogP contribution in [0.5, 0.6) is 0 Å². The van der Waals surface area contributed by atoms with Crippen LogP contribution in [0, 0.1) is 0 Å². The van der Waals surface area contributed by atoms with Gasteiger partial charge in [-0.2, -0.15) is 0 Å². The molecule has 0 unspecified atom stereocenters. The van der Waals surface area contributed by atoms with E-state index in [4.69, 9.17) is 9.72 Å². The number of ether oxygens (including phenoxy) is 1. The van der Waals surface area contributed by atoms with E-state index in [2.05, 4.69) is 4.90 Å². The molecule has 21 heavy (non-hydrogen) atoms. The number of methoxy groups -OCH3 is 1. The lowest BCUT2D eigenvalue weighted by atomic mass is 9.94. The van der Waals surface area contributed by atoms with Crippen molar-refractivity contribution in [3.8, 4) is 0 Å². The predicted molar refractivity (Wildman–Crippen MR) is 80.1 cm³/mol. The third kappa shape index (κ3) is 3.02. The fraction of sp³-hybridized carbons (Fsp3) is 0.625. The fourth-order valence-corrected chi connectivity index (χ4v) is 3.04. The maximum Gasteiger partial charge on any atom is 0.339 e. The van der Waals surface area contributed by atoms with Gasteiger partial charge in [-0.25, -0.2) is 9.78 Å². The van der Waals surface area contributed by atoms with Crippen LogP contribution in [-0.2, 0) is 17.6 Å². The van der Waals surface area contributed by atoms with Gasteiger partial charge in [0.1, 0.15) is 11.4 Å². The topological polar surface area (TPSA) is 62.7 Å². The van der Waals surface area contributed by atoms with Gasteiger partial charge >= 0.3 is 5.97 Å². The van der Waals surface area contributed by atoms with Crippen LogP contribution in [0.2, 0.25) is 0 Å². The number of hydrogen-bond acceptors (Lipinski definition) is 4. The maximum atomic E-state index is 11.6. The van der Waals surface area contributed by atoms with Crippen molar-refractivity contribution in [3.63, 3.8) is 0 Å². The van der Waals surface area contributed by atoms with E-state index in [1.54, 1.807) is 7.11 Å². The summed E-state index contributed by atoms with van der Waals surface area (Å²) >= 11 is 0. The molecule has 0 aromatic carbocycles. The van der Waals surface area contributed by atoms with E-state index in [1.807, 2.05) is 6.07 Å². The van der Waals surface area contributed by atoms with E-state index in [0.717, 1.165) is 49.8 Å². The molecule has 1 saturated carbocycles. The van der Waals surface area contributed by atoms with E-state index in [-0.39, 0.29) is 0 Å². The molecular weight excluding hydrogens is 268 g/mol. The minimum Gasteiger partial charge on any atom is -0.478 e. The summed E-state index contributed by atoms with van der Waals surface area (Å²) < 4.78 is 5.17. The zero-order valence-electron chi connectivity index (χ0n) is 12.5. The molecule has 1 aromatic heterocycles. The predicted octanol–water partition coefficient (Wildman–Crippen LogP) is 2.27. The summed E-state index contributed by atoms with van der Waals surface area (Å²) in [6, 6.07) is 2.27. The van der Waals surface area contributed by atoms with Crippen molar-refractivity contribution in [3.05, 3.63) is 22.9 Å². The van der Waals surface area contributed by atoms with Gasteiger partial charge in [0.25, 0.3) is 0 Å². The molecule has 3 rings (SSSR count). The Labute approximate surface area is 124 Å². The van der Waals surface area contributed by atoms with Gasteiger partial charge in [0.15, 0.2) is 0 Å². The second-order valence-electron chi connectivity index (χ2n) is 5.89. The zero-order valence-corrected chi connectivity index (χ0v) is 12.5. The number of pyridine rings is 1. The first-order valence-electron chi connectivity index (χ1n) is 7.72. The molecule has 114 valence electrons. The highest BCUT2D eigenvalue weighted by molar-refractivity contribution is 5.93. The number of nitrogens with zero attached hydrogens (tertiary/aromatic N) is 2. The van der Waals surface area contributed by atoms with Gasteiger partial charge < -0.3 is 14.7 Å². The van der Waals surface area contributed by atoms with Crippen LogP contribution in [0.15, 0.2) is 6.07 Å². The summed E-state index contributed by atoms with van der Waals surface area (Å²) in [4.78, 5) is 18.5. The minimum atomic E-state index is -0.881. The average Bonchev–Trinajstić information content (AvgIpc) is 3.31. The number of hydrogen-bond donors (Lipinski definition) is 1. The number of carboxylic acids is 1. The van der Waals surface area contributed by atoms with E-state index in [1.165, 1.54) is 0 Å². The van der Waals surface area contributed by atoms with Gasteiger partial charge in [-0.15, -0.1) is 0 Å². The van der Waals surface area contributed by atoms with Gasteiger partial charge in [0.05, 0.1) is 6.61 Å². The molecule has 2 aliphatic rings. The normalized spacial score (nSPS) is 17.4. The standard InChI is InChI=1S/C16H22N2O3/c1-21-9-8-18(12-6-7-12)15-13(16(19)20)10-11-4-2-3-5-14(11)17-15/h10,12H,2-9H2,1H3,(H,19,20). The molecule has 1 fully saturated rings. The highest BCUT2D eigenvalue weighted by Gasteiger charge is 2.33. The number of rotatable bonds is 6. The molecule has 5 nitrogen and oxygen atoms in total. The summed E-state index contributed by atoms with van der Waals surface area (Å²) in [5, 5.41) is 9.55. The van der Waals surface area contributed by atoms with Crippen LogP contribution < -0.4 is 4.90 Å². The average molecular weight is 290 g/mol. The van der Waals surface area contributed by atoms with Crippen molar-refractivity contribution >= 4 is 11.8 Å². The third-order valence-corrected chi connectivity index (χ3v) is 4.31. The Kier molecular flexibility index (Phi) is 4.10. The van der Waals surface area contributed by atoms with Crippen molar-refractivity contribution in [2.45, 2.75) is 44.6 Å². The number of carbonyl (C=O) groups is 1. The van der Waals surface area contributed by atoms with E-state index >= 15 is 0 Å². The summed E-state index contributed by atoms with van der Waals surface area (Å²) in [6.45, 7) is 1.29. The van der Waals surface area contributed by atoms with Crippen molar-refractivity contribution in [2.75, 3.05) is 25.2 Å². The molecule has 2 aliphatic carbocycles. The Balaban J connectivity index is 1.99. The number of carboxylic acid groups (broad SMARTS) is 1. The lowest BCUT2D eigenvalue weighted by molar-refractivity contribution is 0.0696. The highest BCUT2D eigenvalue weighted by atomic mass is 16.5. The lowest BCUT2D eigenvalue weighted by Gasteiger charge is -2.27. The van der Waals surface area contributed by atoms with Gasteiger partial charge in [0, 0.05) is 25.4 Å². The van der Waals surface area contributed by atoms with Crippen molar-refractivity contribution < 1.29 is 14.6 Å². The zero-order chi connectivity index (χ0) is 14.8. The molecule has 0 bridgehead atoms. The van der Waals surface area contributed by atoms with Crippen molar-refractivity contribution in [1.82, 2.24) is 4.98 Å². The van der Waals surface area contributed by atoms with Gasteiger partial charge in [-0.3, -0.25) is 0 Å². The fourth-order valence-electron chi connectivity index (χ4n) is 3.04. The Bertz CT molecular complexity index is 541. The smallest absolute Gasteiger partial charge is 0.339 e. The molecule has 0 saturated heterocycles. The van der Waals surface area contributed by atoms with Gasteiger partial charge in [-0.05, 0) is 50.2 Å². The summed E-state index contributed by atoms with van der Waals surface area (Å²) in [6.07, 6.45) is 6.41. The van der Waals surface area contributed by atoms with Crippen molar-refractivity contribution in [2.24, 2.45) is 0 Å². The molecule has 0 amide bonds. The number of aromatic nitrogens is 1. The SMILES string of the molecule is COCCN(c1nc2c(cc1C(=O)O)CCCC2)C1CC1. The largest absolute Gasteiger partial charge is 0.478 e. The monoisotopic (exact) mass is 290 g/mol. The first-order valence-corrected chi connectivity index (χ1v) is 7.72. The number of aryl methyl sites for hydroxylation is 2. The lowest BCUT2D eigenvalue weighted by Crippen LogP contribution is -2.32. The molecule has 0 radical (unpaired) electrons. The molecule has 0 aliphatic heterocycles. The summed E-state index contributed by atoms with van der Waals surface area (Å²) in [7, 11) is 1.67. The van der Waals surface area contributed by atoms with E-state index in [9.17, 15) is 9.90 Å². The minimum absolute atomic E-state index is 0.346. The quantitative estimate of drug-likeness (QED) is 0.871. The Morgan fingerprint density at radius 1 is 1.43 bits per heavy atom. The summed E-state index contributed by atoms with van der Waals surface area (Å²) in [5.74, 6) is -0.239. The van der Waals surface area contributed by atoms with Crippen LogP contribution in [0.1, 0.15) is 47.3 Å². The van der Waals surface area contributed by atoms with Crippen molar-refractivity contribution in [1.29, 1.82) is 0 Å². The Morgan fingerprint density at radius 2 is 2.19 bits per heavy atom. The second kappa shape index (κ2) is 6.02. The van der Waals surface area contributed by atoms with Gasteiger partial charge in [0.2, 0.25) is 0 Å². The Hall–Kier alpha value is -1.62. The first-order chi connectivity index (χ1) is 10.2. The maximum absolute atomic E-state index is 11.6. The number of aromatic carboxylic acids is 1. The van der Waals surface area contributed by atoms with Crippen LogP contribution in [0.4, 0.5) is 5.82 Å². The van der Waals surface area contributed by atoms with E-state index < -0.39 is 5.97 Å². The molecule has 0 atom stereocenters. The molecule has 1 N–H and O–H groups in total. The van der Waals surface area contributed by atoms with E-state index in [0.29, 0.717) is 30.6 Å². The summed E-state index contributed by atoms with van der Waals surface area (Å²) in [5.41, 5.74) is 2.55. The molecule has 1 heterocycles. The van der Waals surface area contributed by atoms with Crippen LogP contribution >= 0.6 is 0 Å².